The first-order chi connectivity index (χ1) is 18.1. The van der Waals surface area contributed by atoms with E-state index in [2.05, 4.69) is 5.32 Å². The minimum absolute atomic E-state index is 0.00833. The lowest BCUT2D eigenvalue weighted by atomic mass is 10.1. The number of aryl methyl sites for hydroxylation is 1. The summed E-state index contributed by atoms with van der Waals surface area (Å²) < 4.78 is 28.5. The van der Waals surface area contributed by atoms with Gasteiger partial charge in [-0.2, -0.15) is 0 Å². The van der Waals surface area contributed by atoms with Gasteiger partial charge < -0.3 is 10.2 Å². The lowest BCUT2D eigenvalue weighted by Gasteiger charge is -2.32. The summed E-state index contributed by atoms with van der Waals surface area (Å²) in [5.74, 6) is -0.782. The molecule has 0 saturated heterocycles. The van der Waals surface area contributed by atoms with E-state index in [4.69, 9.17) is 11.6 Å². The van der Waals surface area contributed by atoms with E-state index >= 15 is 0 Å². The third-order valence-electron chi connectivity index (χ3n) is 6.20. The van der Waals surface area contributed by atoms with Crippen molar-refractivity contribution in [2.45, 2.75) is 51.1 Å². The van der Waals surface area contributed by atoms with Gasteiger partial charge in [-0.1, -0.05) is 73.0 Å². The second-order valence-electron chi connectivity index (χ2n) is 9.13. The van der Waals surface area contributed by atoms with Crippen LogP contribution in [0.15, 0.2) is 83.8 Å². The summed E-state index contributed by atoms with van der Waals surface area (Å²) in [5, 5.41) is 3.28. The van der Waals surface area contributed by atoms with Crippen molar-refractivity contribution in [3.63, 3.8) is 0 Å². The van der Waals surface area contributed by atoms with Crippen LogP contribution in [-0.4, -0.2) is 44.3 Å². The fourth-order valence-corrected chi connectivity index (χ4v) is 5.41. The van der Waals surface area contributed by atoms with E-state index < -0.39 is 28.5 Å². The highest BCUT2D eigenvalue weighted by atomic mass is 35.5. The zero-order chi connectivity index (χ0) is 27.7. The molecule has 1 N–H and O–H groups in total. The molecule has 1 unspecified atom stereocenters. The van der Waals surface area contributed by atoms with Crippen LogP contribution in [0.5, 0.6) is 0 Å². The molecular weight excluding hydrogens is 522 g/mol. The molecule has 0 heterocycles. The first-order valence-corrected chi connectivity index (χ1v) is 14.4. The van der Waals surface area contributed by atoms with Gasteiger partial charge in [0.2, 0.25) is 11.8 Å². The number of hydrogen-bond acceptors (Lipinski definition) is 4. The van der Waals surface area contributed by atoms with Crippen LogP contribution in [0.3, 0.4) is 0 Å². The molecule has 0 radical (unpaired) electrons. The molecule has 3 aromatic carbocycles. The standard InChI is InChI=1S/C29H34ClN3O4S/c1-4-5-19-31-29(35)23(3)32(20-24-13-11-22(2)12-14-24)28(34)21-33(26-9-7-6-8-10-26)38(36,37)27-17-15-25(30)16-18-27/h6-18,23H,4-5,19-21H2,1-3H3,(H,31,35). The van der Waals surface area contributed by atoms with Gasteiger partial charge in [-0.3, -0.25) is 13.9 Å². The predicted molar refractivity (Wildman–Crippen MR) is 152 cm³/mol. The minimum Gasteiger partial charge on any atom is -0.354 e. The molecule has 0 aliphatic rings. The SMILES string of the molecule is CCCCNC(=O)C(C)N(Cc1ccc(C)cc1)C(=O)CN(c1ccccc1)S(=O)(=O)c1ccc(Cl)cc1. The van der Waals surface area contributed by atoms with E-state index in [9.17, 15) is 18.0 Å². The van der Waals surface area contributed by atoms with Crippen LogP contribution in [0.25, 0.3) is 0 Å². The maximum absolute atomic E-state index is 13.8. The number of hydrogen-bond donors (Lipinski definition) is 1. The predicted octanol–water partition coefficient (Wildman–Crippen LogP) is 5.18. The highest BCUT2D eigenvalue weighted by molar-refractivity contribution is 7.92. The van der Waals surface area contributed by atoms with Gasteiger partial charge in [0.25, 0.3) is 10.0 Å². The van der Waals surface area contributed by atoms with E-state index in [0.29, 0.717) is 17.3 Å². The number of halogens is 1. The van der Waals surface area contributed by atoms with Crippen LogP contribution in [0.2, 0.25) is 5.02 Å². The average molecular weight is 556 g/mol. The number of unbranched alkanes of at least 4 members (excludes halogenated alkanes) is 1. The molecule has 1 atom stereocenters. The summed E-state index contributed by atoms with van der Waals surface area (Å²) in [6.07, 6.45) is 1.75. The number of benzene rings is 3. The normalized spacial score (nSPS) is 12.0. The largest absolute Gasteiger partial charge is 0.354 e. The Morgan fingerprint density at radius 3 is 2.18 bits per heavy atom. The number of nitrogens with zero attached hydrogens (tertiary/aromatic N) is 2. The summed E-state index contributed by atoms with van der Waals surface area (Å²) >= 11 is 5.97. The summed E-state index contributed by atoms with van der Waals surface area (Å²) in [4.78, 5) is 28.2. The number of anilines is 1. The third kappa shape index (κ3) is 7.58. The van der Waals surface area contributed by atoms with Crippen LogP contribution < -0.4 is 9.62 Å². The quantitative estimate of drug-likeness (QED) is 0.312. The Morgan fingerprint density at radius 1 is 0.947 bits per heavy atom. The van der Waals surface area contributed by atoms with Crippen molar-refractivity contribution in [2.75, 3.05) is 17.4 Å². The topological polar surface area (TPSA) is 86.8 Å². The van der Waals surface area contributed by atoms with Crippen molar-refractivity contribution in [3.05, 3.63) is 95.0 Å². The van der Waals surface area contributed by atoms with Crippen molar-refractivity contribution in [3.8, 4) is 0 Å². The van der Waals surface area contributed by atoms with Crippen molar-refractivity contribution < 1.29 is 18.0 Å². The monoisotopic (exact) mass is 555 g/mol. The fourth-order valence-electron chi connectivity index (χ4n) is 3.87. The van der Waals surface area contributed by atoms with Gasteiger partial charge in [-0.25, -0.2) is 8.42 Å². The van der Waals surface area contributed by atoms with Gasteiger partial charge >= 0.3 is 0 Å². The Bertz CT molecular complexity index is 1310. The molecule has 0 bridgehead atoms. The summed E-state index contributed by atoms with van der Waals surface area (Å²) in [5.41, 5.74) is 2.25. The molecule has 0 saturated carbocycles. The Morgan fingerprint density at radius 2 is 1.58 bits per heavy atom. The molecule has 0 aliphatic heterocycles. The smallest absolute Gasteiger partial charge is 0.264 e. The second-order valence-corrected chi connectivity index (χ2v) is 11.4. The molecule has 7 nitrogen and oxygen atoms in total. The van der Waals surface area contributed by atoms with E-state index in [1.807, 2.05) is 38.1 Å². The van der Waals surface area contributed by atoms with Crippen molar-refractivity contribution in [2.24, 2.45) is 0 Å². The van der Waals surface area contributed by atoms with Crippen molar-refractivity contribution in [1.29, 1.82) is 0 Å². The van der Waals surface area contributed by atoms with E-state index in [-0.39, 0.29) is 17.3 Å². The van der Waals surface area contributed by atoms with Crippen LogP contribution >= 0.6 is 11.6 Å². The fraction of sp³-hybridized carbons (Fsp3) is 0.310. The average Bonchev–Trinajstić information content (AvgIpc) is 2.91. The van der Waals surface area contributed by atoms with Crippen molar-refractivity contribution in [1.82, 2.24) is 10.2 Å². The lowest BCUT2D eigenvalue weighted by Crippen LogP contribution is -2.51. The lowest BCUT2D eigenvalue weighted by molar-refractivity contribution is -0.139. The number of carbonyl (C=O) groups excluding carboxylic acids is 2. The molecule has 0 spiro atoms. The molecule has 0 aliphatic carbocycles. The first-order valence-electron chi connectivity index (χ1n) is 12.6. The molecule has 3 aromatic rings. The molecule has 202 valence electrons. The maximum Gasteiger partial charge on any atom is 0.264 e. The Kier molecular flexibility index (Phi) is 10.3. The molecular formula is C29H34ClN3O4S. The highest BCUT2D eigenvalue weighted by Gasteiger charge is 2.32. The minimum atomic E-state index is -4.11. The zero-order valence-corrected chi connectivity index (χ0v) is 23.5. The Balaban J connectivity index is 1.96. The van der Waals surface area contributed by atoms with Gasteiger partial charge in [-0.15, -0.1) is 0 Å². The molecule has 3 rings (SSSR count). The third-order valence-corrected chi connectivity index (χ3v) is 8.24. The number of amides is 2. The summed E-state index contributed by atoms with van der Waals surface area (Å²) in [6, 6.07) is 21.1. The van der Waals surface area contributed by atoms with Gasteiger partial charge in [0.15, 0.2) is 0 Å². The summed E-state index contributed by atoms with van der Waals surface area (Å²) in [6.45, 7) is 5.84. The van der Waals surface area contributed by atoms with Crippen LogP contribution in [0, 0.1) is 6.92 Å². The molecule has 38 heavy (non-hydrogen) atoms. The van der Waals surface area contributed by atoms with Gasteiger partial charge in [0.05, 0.1) is 10.6 Å². The zero-order valence-electron chi connectivity index (χ0n) is 21.9. The number of carbonyl (C=O) groups is 2. The van der Waals surface area contributed by atoms with Gasteiger partial charge in [-0.05, 0) is 62.2 Å². The van der Waals surface area contributed by atoms with Crippen LogP contribution in [0.4, 0.5) is 5.69 Å². The van der Waals surface area contributed by atoms with Crippen LogP contribution in [0.1, 0.15) is 37.8 Å². The number of nitrogens with one attached hydrogen (secondary N) is 1. The number of para-hydroxylation sites is 1. The second kappa shape index (κ2) is 13.4. The molecule has 2 amide bonds. The first kappa shape index (κ1) is 29.2. The molecule has 0 aromatic heterocycles. The number of rotatable bonds is 12. The van der Waals surface area contributed by atoms with Gasteiger partial charge in [0.1, 0.15) is 12.6 Å². The molecule has 9 heteroatoms. The highest BCUT2D eigenvalue weighted by Crippen LogP contribution is 2.25. The van der Waals surface area contributed by atoms with E-state index in [0.717, 1.165) is 28.3 Å². The van der Waals surface area contributed by atoms with E-state index in [1.165, 1.54) is 29.2 Å². The summed E-state index contributed by atoms with van der Waals surface area (Å²) in [7, 11) is -4.11. The van der Waals surface area contributed by atoms with Gasteiger partial charge in [0, 0.05) is 18.1 Å². The van der Waals surface area contributed by atoms with Crippen LogP contribution in [-0.2, 0) is 26.2 Å². The Labute approximate surface area is 230 Å². The molecule has 0 fully saturated rings. The van der Waals surface area contributed by atoms with E-state index in [1.54, 1.807) is 37.3 Å². The number of sulfonamides is 1. The maximum atomic E-state index is 13.8. The van der Waals surface area contributed by atoms with Crippen molar-refractivity contribution >= 4 is 39.1 Å². The Hall–Kier alpha value is -3.36.